The van der Waals surface area contributed by atoms with E-state index in [0.717, 1.165) is 30.6 Å². The van der Waals surface area contributed by atoms with E-state index in [2.05, 4.69) is 22.5 Å². The van der Waals surface area contributed by atoms with Gasteiger partial charge in [-0.2, -0.15) is 0 Å². The van der Waals surface area contributed by atoms with Gasteiger partial charge in [-0.1, -0.05) is 18.2 Å². The average molecular weight is 332 g/mol. The van der Waals surface area contributed by atoms with Crippen molar-refractivity contribution in [1.82, 2.24) is 9.29 Å². The predicted molar refractivity (Wildman–Crippen MR) is 92.1 cm³/mol. The topological polar surface area (TPSA) is 65.5 Å². The molecule has 7 heteroatoms. The number of nitrogens with one attached hydrogen (secondary N) is 1. The monoisotopic (exact) mass is 332 g/mol. The molecule has 1 fully saturated rings. The van der Waals surface area contributed by atoms with Crippen LogP contribution in [0.3, 0.4) is 0 Å². The molecule has 1 saturated heterocycles. The minimum Gasteiger partial charge on any atom is -0.310 e. The molecule has 0 aromatic carbocycles. The molecule has 1 unspecified atom stereocenters. The van der Waals surface area contributed by atoms with Crippen LogP contribution in [0.4, 0.5) is 11.5 Å². The quantitative estimate of drug-likeness (QED) is 0.917. The maximum absolute atomic E-state index is 12.0. The molecule has 1 aliphatic carbocycles. The van der Waals surface area contributed by atoms with Crippen molar-refractivity contribution >= 4 is 28.6 Å². The Kier molecular flexibility index (Phi) is 4.88. The smallest absolute Gasteiger partial charge is 0.229 e. The molecule has 0 bridgehead atoms. The number of amides is 1. The highest BCUT2D eigenvalue weighted by atomic mass is 32.2. The highest BCUT2D eigenvalue weighted by Crippen LogP contribution is 2.22. The van der Waals surface area contributed by atoms with Crippen LogP contribution in [-0.2, 0) is 16.0 Å². The summed E-state index contributed by atoms with van der Waals surface area (Å²) >= 11 is -1.15. The summed E-state index contributed by atoms with van der Waals surface area (Å²) in [4.78, 5) is 16.3. The number of nitrogens with zero attached hydrogens (tertiary/aromatic N) is 3. The molecule has 1 aromatic heterocycles. The first-order chi connectivity index (χ1) is 11.1. The van der Waals surface area contributed by atoms with E-state index in [1.807, 2.05) is 19.2 Å². The van der Waals surface area contributed by atoms with Crippen molar-refractivity contribution < 1.29 is 9.00 Å². The van der Waals surface area contributed by atoms with Gasteiger partial charge in [0.1, 0.15) is 5.82 Å². The predicted octanol–water partition coefficient (Wildman–Crippen LogP) is 2.02. The van der Waals surface area contributed by atoms with Crippen LogP contribution in [0.25, 0.3) is 0 Å². The Balaban J connectivity index is 1.59. The first-order valence-corrected chi connectivity index (χ1v) is 8.72. The molecule has 6 nitrogen and oxygen atoms in total. The fourth-order valence-corrected chi connectivity index (χ4v) is 3.65. The number of hydrogen-bond acceptors (Lipinski definition) is 3. The summed E-state index contributed by atoms with van der Waals surface area (Å²) < 4.78 is 15.6. The molecule has 1 atom stereocenters. The summed E-state index contributed by atoms with van der Waals surface area (Å²) in [6.07, 6.45) is 10.2. The van der Waals surface area contributed by atoms with Crippen molar-refractivity contribution in [2.75, 3.05) is 29.8 Å². The summed E-state index contributed by atoms with van der Waals surface area (Å²) in [5.74, 6) is 0.435. The van der Waals surface area contributed by atoms with Crippen LogP contribution in [0.1, 0.15) is 19.3 Å². The molecule has 2 aliphatic rings. The molecule has 1 aliphatic heterocycles. The molecule has 2 heterocycles. The highest BCUT2D eigenvalue weighted by Gasteiger charge is 2.25. The molecule has 122 valence electrons. The Morgan fingerprint density at radius 1 is 1.35 bits per heavy atom. The van der Waals surface area contributed by atoms with Gasteiger partial charge in [-0.05, 0) is 30.5 Å². The van der Waals surface area contributed by atoms with Crippen molar-refractivity contribution in [3.63, 3.8) is 0 Å². The largest absolute Gasteiger partial charge is 0.310 e. The molecule has 0 spiro atoms. The fourth-order valence-electron chi connectivity index (χ4n) is 2.55. The van der Waals surface area contributed by atoms with E-state index in [0.29, 0.717) is 18.8 Å². The van der Waals surface area contributed by atoms with E-state index < -0.39 is 11.2 Å². The number of likely N-dealkylation sites (N-methyl/N-ethyl adjacent to an activating group) is 1. The molecule has 1 amide bonds. The van der Waals surface area contributed by atoms with Crippen molar-refractivity contribution in [1.29, 1.82) is 0 Å². The van der Waals surface area contributed by atoms with Crippen molar-refractivity contribution in [3.8, 4) is 0 Å². The van der Waals surface area contributed by atoms with E-state index in [9.17, 15) is 9.00 Å². The van der Waals surface area contributed by atoms with Crippen LogP contribution >= 0.6 is 0 Å². The summed E-state index contributed by atoms with van der Waals surface area (Å²) in [7, 11) is 1.83. The van der Waals surface area contributed by atoms with Crippen molar-refractivity contribution in [3.05, 3.63) is 42.1 Å². The molecule has 0 radical (unpaired) electrons. The number of hydrogen-bond donors (Lipinski definition) is 1. The van der Waals surface area contributed by atoms with Gasteiger partial charge in [-0.25, -0.2) is 13.5 Å². The van der Waals surface area contributed by atoms with Crippen LogP contribution in [-0.4, -0.2) is 39.5 Å². The minimum atomic E-state index is -1.15. The van der Waals surface area contributed by atoms with Gasteiger partial charge in [0.25, 0.3) is 0 Å². The number of rotatable bonds is 4. The van der Waals surface area contributed by atoms with Gasteiger partial charge in [-0.3, -0.25) is 9.10 Å². The van der Waals surface area contributed by atoms with Crippen molar-refractivity contribution in [2.45, 2.75) is 19.3 Å². The number of aromatic nitrogens is 1. The third kappa shape index (κ3) is 3.86. The lowest BCUT2D eigenvalue weighted by molar-refractivity contribution is -0.115. The van der Waals surface area contributed by atoms with Gasteiger partial charge in [0.05, 0.1) is 18.3 Å². The molecule has 0 saturated carbocycles. The average Bonchev–Trinajstić information content (AvgIpc) is 2.89. The van der Waals surface area contributed by atoms with Gasteiger partial charge in [0.15, 0.2) is 11.2 Å². The molecular formula is C16H20N4O2S. The third-order valence-corrected chi connectivity index (χ3v) is 5.30. The highest BCUT2D eigenvalue weighted by molar-refractivity contribution is 7.84. The summed E-state index contributed by atoms with van der Waals surface area (Å²) in [6, 6.07) is 3.58. The minimum absolute atomic E-state index is 0.0764. The third-order valence-electron chi connectivity index (χ3n) is 3.81. The Labute approximate surface area is 138 Å². The Bertz CT molecular complexity index is 669. The SMILES string of the molecule is CN1CCN(c2ccc(NC(=O)CC3=CCCC=C3)nc2)S1=O. The Hall–Kier alpha value is -1.99. The summed E-state index contributed by atoms with van der Waals surface area (Å²) in [6.45, 7) is 1.46. The van der Waals surface area contributed by atoms with Crippen LogP contribution < -0.4 is 9.62 Å². The summed E-state index contributed by atoms with van der Waals surface area (Å²) in [5, 5.41) is 2.80. The van der Waals surface area contributed by atoms with Gasteiger partial charge in [0, 0.05) is 20.1 Å². The Morgan fingerprint density at radius 3 is 2.83 bits per heavy atom. The van der Waals surface area contributed by atoms with Crippen LogP contribution in [0, 0.1) is 0 Å². The van der Waals surface area contributed by atoms with E-state index >= 15 is 0 Å². The maximum Gasteiger partial charge on any atom is 0.229 e. The first-order valence-electron chi connectivity index (χ1n) is 7.65. The fraction of sp³-hybridized carbons (Fsp3) is 0.375. The standard InChI is InChI=1S/C16H20N4O2S/c1-19-9-10-20(23(19)22)14-7-8-15(17-12-14)18-16(21)11-13-5-3-2-4-6-13/h3,5-8,12H,2,4,9-11H2,1H3,(H,17,18,21). The first kappa shape index (κ1) is 15.9. The lowest BCUT2D eigenvalue weighted by Crippen LogP contribution is -2.24. The molecule has 23 heavy (non-hydrogen) atoms. The molecular weight excluding hydrogens is 312 g/mol. The second-order valence-corrected chi connectivity index (χ2v) is 7.10. The number of carbonyl (C=O) groups is 1. The van der Waals surface area contributed by atoms with E-state index in [4.69, 9.17) is 0 Å². The Morgan fingerprint density at radius 2 is 2.22 bits per heavy atom. The second-order valence-electron chi connectivity index (χ2n) is 5.57. The van der Waals surface area contributed by atoms with Gasteiger partial charge in [0.2, 0.25) is 5.91 Å². The van der Waals surface area contributed by atoms with Crippen molar-refractivity contribution in [2.24, 2.45) is 0 Å². The van der Waals surface area contributed by atoms with E-state index in [1.54, 1.807) is 20.9 Å². The molecule has 1 aromatic rings. The maximum atomic E-state index is 12.0. The zero-order chi connectivity index (χ0) is 16.2. The number of anilines is 2. The van der Waals surface area contributed by atoms with Crippen LogP contribution in [0.2, 0.25) is 0 Å². The van der Waals surface area contributed by atoms with Crippen LogP contribution in [0.5, 0.6) is 0 Å². The van der Waals surface area contributed by atoms with E-state index in [-0.39, 0.29) is 5.91 Å². The van der Waals surface area contributed by atoms with Crippen LogP contribution in [0.15, 0.2) is 42.1 Å². The summed E-state index contributed by atoms with van der Waals surface area (Å²) in [5.41, 5.74) is 1.84. The zero-order valence-electron chi connectivity index (χ0n) is 13.1. The lowest BCUT2D eigenvalue weighted by atomic mass is 10.0. The molecule has 3 rings (SSSR count). The molecule has 1 N–H and O–H groups in total. The normalized spacial score (nSPS) is 21.3. The van der Waals surface area contributed by atoms with Gasteiger partial charge >= 0.3 is 0 Å². The zero-order valence-corrected chi connectivity index (χ0v) is 13.9. The van der Waals surface area contributed by atoms with Gasteiger partial charge in [-0.15, -0.1) is 0 Å². The van der Waals surface area contributed by atoms with E-state index in [1.165, 1.54) is 0 Å². The number of carbonyl (C=O) groups excluding carboxylic acids is 1. The van der Waals surface area contributed by atoms with Gasteiger partial charge < -0.3 is 5.32 Å². The number of allylic oxidation sites excluding steroid dienone is 3. The lowest BCUT2D eigenvalue weighted by Gasteiger charge is -2.16. The number of pyridine rings is 1. The second kappa shape index (κ2) is 7.06.